The number of methoxy groups -OCH3 is 2. The lowest BCUT2D eigenvalue weighted by atomic mass is 10.1. The van der Waals surface area contributed by atoms with Gasteiger partial charge in [0, 0.05) is 0 Å². The number of ether oxygens (including phenoxy) is 3. The zero-order valence-corrected chi connectivity index (χ0v) is 12.9. The second kappa shape index (κ2) is 7.76. The van der Waals surface area contributed by atoms with E-state index in [1.165, 1.54) is 32.4 Å². The Morgan fingerprint density at radius 2 is 1.55 bits per heavy atom. The van der Waals surface area contributed by atoms with Gasteiger partial charge in [0.1, 0.15) is 5.75 Å². The first-order valence-corrected chi connectivity index (χ1v) is 7.77. The van der Waals surface area contributed by atoms with E-state index in [9.17, 15) is 18.0 Å². The fourth-order valence-electron chi connectivity index (χ4n) is 1.59. The zero-order valence-electron chi connectivity index (χ0n) is 12.1. The number of carbonyl (C=O) groups excluding carboxylic acids is 2. The van der Waals surface area contributed by atoms with Gasteiger partial charge >= 0.3 is 11.9 Å². The van der Waals surface area contributed by atoms with Gasteiger partial charge in [-0.15, -0.1) is 0 Å². The van der Waals surface area contributed by atoms with Crippen LogP contribution in [0.5, 0.6) is 5.75 Å². The summed E-state index contributed by atoms with van der Waals surface area (Å²) >= 11 is 0. The molecule has 0 aliphatic rings. The fourth-order valence-corrected chi connectivity index (χ4v) is 2.07. The van der Waals surface area contributed by atoms with Crippen LogP contribution in [0.15, 0.2) is 18.2 Å². The van der Waals surface area contributed by atoms with Crippen LogP contribution in [0.25, 0.3) is 0 Å². The Labute approximate surface area is 127 Å². The van der Waals surface area contributed by atoms with Crippen molar-refractivity contribution in [1.29, 1.82) is 0 Å². The molecule has 0 saturated carbocycles. The van der Waals surface area contributed by atoms with Crippen LogP contribution in [-0.4, -0.2) is 51.5 Å². The summed E-state index contributed by atoms with van der Waals surface area (Å²) in [7, 11) is -1.67. The van der Waals surface area contributed by atoms with E-state index in [2.05, 4.69) is 9.47 Å². The van der Waals surface area contributed by atoms with Crippen molar-refractivity contribution in [2.75, 3.05) is 26.6 Å². The van der Waals surface area contributed by atoms with Crippen molar-refractivity contribution in [1.82, 2.24) is 0 Å². The van der Waals surface area contributed by atoms with Crippen LogP contribution < -0.4 is 4.74 Å². The first-order valence-electron chi connectivity index (χ1n) is 6.16. The maximum Gasteiger partial charge on any atom is 0.338 e. The molecule has 1 N–H and O–H groups in total. The van der Waals surface area contributed by atoms with Gasteiger partial charge in [0.2, 0.25) is 0 Å². The minimum absolute atomic E-state index is 0.0228. The zero-order chi connectivity index (χ0) is 16.8. The number of carbonyl (C=O) groups is 2. The van der Waals surface area contributed by atoms with Crippen LogP contribution in [0.1, 0.15) is 27.1 Å². The van der Waals surface area contributed by atoms with Gasteiger partial charge < -0.3 is 14.2 Å². The van der Waals surface area contributed by atoms with Crippen molar-refractivity contribution in [2.24, 2.45) is 0 Å². The molecule has 1 aromatic rings. The number of benzene rings is 1. The van der Waals surface area contributed by atoms with Crippen molar-refractivity contribution in [3.63, 3.8) is 0 Å². The number of rotatable bonds is 7. The van der Waals surface area contributed by atoms with Crippen molar-refractivity contribution in [3.05, 3.63) is 29.3 Å². The summed E-state index contributed by atoms with van der Waals surface area (Å²) in [6.07, 6.45) is 0.0504. The highest BCUT2D eigenvalue weighted by Crippen LogP contribution is 2.19. The molecular formula is C13H16O8S. The molecule has 122 valence electrons. The van der Waals surface area contributed by atoms with Crippen LogP contribution in [0.4, 0.5) is 0 Å². The Hall–Kier alpha value is -2.13. The molecule has 22 heavy (non-hydrogen) atoms. The molecule has 0 saturated heterocycles. The summed E-state index contributed by atoms with van der Waals surface area (Å²) in [4.78, 5) is 23.1. The molecule has 8 nitrogen and oxygen atoms in total. The predicted octanol–water partition coefficient (Wildman–Crippen LogP) is 0.916. The highest BCUT2D eigenvalue weighted by atomic mass is 32.2. The van der Waals surface area contributed by atoms with E-state index in [-0.39, 0.29) is 29.9 Å². The molecule has 0 spiro atoms. The van der Waals surface area contributed by atoms with Crippen molar-refractivity contribution < 1.29 is 36.8 Å². The van der Waals surface area contributed by atoms with Gasteiger partial charge in [-0.3, -0.25) is 4.55 Å². The van der Waals surface area contributed by atoms with E-state index in [0.29, 0.717) is 0 Å². The first kappa shape index (κ1) is 17.9. The second-order valence-electron chi connectivity index (χ2n) is 4.22. The Bertz CT molecular complexity index is 616. The lowest BCUT2D eigenvalue weighted by molar-refractivity contribution is 0.0598. The van der Waals surface area contributed by atoms with E-state index in [1.807, 2.05) is 0 Å². The summed E-state index contributed by atoms with van der Waals surface area (Å²) < 4.78 is 44.2. The SMILES string of the molecule is COC(=O)c1cc(OCCCS(=O)(=O)O)cc(C(=O)OC)c1. The van der Waals surface area contributed by atoms with E-state index < -0.39 is 27.8 Å². The molecule has 1 aromatic carbocycles. The molecule has 9 heteroatoms. The van der Waals surface area contributed by atoms with Gasteiger partial charge in [-0.1, -0.05) is 0 Å². The molecule has 0 radical (unpaired) electrons. The summed E-state index contributed by atoms with van der Waals surface area (Å²) in [5.74, 6) is -1.59. The standard InChI is InChI=1S/C13H16O8S/c1-19-12(14)9-6-10(13(15)20-2)8-11(7-9)21-4-3-5-22(16,17)18/h6-8H,3-5H2,1-2H3,(H,16,17,18). The van der Waals surface area contributed by atoms with Crippen LogP contribution in [0.3, 0.4) is 0 Å². The van der Waals surface area contributed by atoms with E-state index in [4.69, 9.17) is 9.29 Å². The topological polar surface area (TPSA) is 116 Å². The number of hydrogen-bond acceptors (Lipinski definition) is 7. The molecule has 0 heterocycles. The van der Waals surface area contributed by atoms with Gasteiger partial charge in [-0.05, 0) is 24.6 Å². The second-order valence-corrected chi connectivity index (χ2v) is 5.79. The van der Waals surface area contributed by atoms with E-state index >= 15 is 0 Å². The highest BCUT2D eigenvalue weighted by molar-refractivity contribution is 7.85. The average Bonchev–Trinajstić information content (AvgIpc) is 2.48. The van der Waals surface area contributed by atoms with Crippen molar-refractivity contribution in [3.8, 4) is 5.75 Å². The third kappa shape index (κ3) is 5.70. The third-order valence-electron chi connectivity index (χ3n) is 2.56. The molecule has 0 aliphatic heterocycles. The number of esters is 2. The van der Waals surface area contributed by atoms with Crippen LogP contribution in [-0.2, 0) is 19.6 Å². The summed E-state index contributed by atoms with van der Waals surface area (Å²) in [6, 6.07) is 4.00. The lowest BCUT2D eigenvalue weighted by Crippen LogP contribution is -2.10. The molecular weight excluding hydrogens is 316 g/mol. The summed E-state index contributed by atoms with van der Waals surface area (Å²) in [5.41, 5.74) is 0.186. The van der Waals surface area contributed by atoms with Crippen LogP contribution in [0, 0.1) is 0 Å². The first-order chi connectivity index (χ1) is 10.3. The maximum atomic E-state index is 11.5. The lowest BCUT2D eigenvalue weighted by Gasteiger charge is -2.09. The van der Waals surface area contributed by atoms with Gasteiger partial charge in [-0.25, -0.2) is 9.59 Å². The Morgan fingerprint density at radius 1 is 1.05 bits per heavy atom. The summed E-state index contributed by atoms with van der Waals surface area (Å²) in [5, 5.41) is 0. The number of hydrogen-bond donors (Lipinski definition) is 1. The third-order valence-corrected chi connectivity index (χ3v) is 3.37. The molecule has 0 aliphatic carbocycles. The molecule has 0 aromatic heterocycles. The largest absolute Gasteiger partial charge is 0.494 e. The van der Waals surface area contributed by atoms with Crippen molar-refractivity contribution in [2.45, 2.75) is 6.42 Å². The monoisotopic (exact) mass is 332 g/mol. The smallest absolute Gasteiger partial charge is 0.338 e. The predicted molar refractivity (Wildman–Crippen MR) is 75.6 cm³/mol. The normalized spacial score (nSPS) is 10.9. The minimum atomic E-state index is -4.06. The minimum Gasteiger partial charge on any atom is -0.494 e. The van der Waals surface area contributed by atoms with E-state index in [1.54, 1.807) is 0 Å². The van der Waals surface area contributed by atoms with Crippen molar-refractivity contribution >= 4 is 22.1 Å². The molecule has 0 bridgehead atoms. The van der Waals surface area contributed by atoms with Crippen LogP contribution >= 0.6 is 0 Å². The average molecular weight is 332 g/mol. The molecule has 0 atom stereocenters. The molecule has 0 unspecified atom stereocenters. The van der Waals surface area contributed by atoms with Gasteiger partial charge in [0.25, 0.3) is 10.1 Å². The van der Waals surface area contributed by atoms with Gasteiger partial charge in [-0.2, -0.15) is 8.42 Å². The Balaban J connectivity index is 2.88. The maximum absolute atomic E-state index is 11.5. The highest BCUT2D eigenvalue weighted by Gasteiger charge is 2.14. The quantitative estimate of drug-likeness (QED) is 0.445. The van der Waals surface area contributed by atoms with Gasteiger partial charge in [0.05, 0.1) is 37.7 Å². The Kier molecular flexibility index (Phi) is 6.32. The summed E-state index contributed by atoms with van der Waals surface area (Å²) in [6.45, 7) is -0.0228. The van der Waals surface area contributed by atoms with E-state index in [0.717, 1.165) is 0 Å². The molecule has 0 fully saturated rings. The van der Waals surface area contributed by atoms with Crippen LogP contribution in [0.2, 0.25) is 0 Å². The fraction of sp³-hybridized carbons (Fsp3) is 0.385. The van der Waals surface area contributed by atoms with Gasteiger partial charge in [0.15, 0.2) is 0 Å². The molecule has 0 amide bonds. The molecule has 1 rings (SSSR count). The Morgan fingerprint density at radius 3 is 1.95 bits per heavy atom.